The van der Waals surface area contributed by atoms with E-state index in [1.54, 1.807) is 7.11 Å². The van der Waals surface area contributed by atoms with E-state index in [0.29, 0.717) is 19.7 Å². The van der Waals surface area contributed by atoms with Gasteiger partial charge in [-0.2, -0.15) is 0 Å². The van der Waals surface area contributed by atoms with Crippen LogP contribution in [0.5, 0.6) is 0 Å². The van der Waals surface area contributed by atoms with Gasteiger partial charge in [0.05, 0.1) is 17.8 Å². The van der Waals surface area contributed by atoms with Crippen molar-refractivity contribution >= 4 is 33.6 Å². The van der Waals surface area contributed by atoms with Crippen LogP contribution < -0.4 is 0 Å². The summed E-state index contributed by atoms with van der Waals surface area (Å²) < 4.78 is 12.1. The first-order chi connectivity index (χ1) is 16.2. The van der Waals surface area contributed by atoms with Crippen LogP contribution in [0.25, 0.3) is 0 Å². The molecule has 0 bridgehead atoms. The van der Waals surface area contributed by atoms with E-state index in [2.05, 4.69) is 39.0 Å². The summed E-state index contributed by atoms with van der Waals surface area (Å²) in [6, 6.07) is 8.37. The van der Waals surface area contributed by atoms with Gasteiger partial charge in [0, 0.05) is 49.0 Å². The van der Waals surface area contributed by atoms with E-state index in [9.17, 15) is 4.79 Å². The minimum absolute atomic E-state index is 0.00342. The first kappa shape index (κ1) is 25.4. The van der Waals surface area contributed by atoms with Gasteiger partial charge < -0.3 is 14.4 Å². The Morgan fingerprint density at radius 1 is 1.21 bits per heavy atom. The van der Waals surface area contributed by atoms with Crippen molar-refractivity contribution in [1.29, 1.82) is 0 Å². The highest BCUT2D eigenvalue weighted by Gasteiger charge is 2.38. The van der Waals surface area contributed by atoms with Crippen LogP contribution in [0.15, 0.2) is 34.9 Å². The van der Waals surface area contributed by atoms with Gasteiger partial charge in [0.25, 0.3) is 0 Å². The maximum Gasteiger partial charge on any atom is 0.410 e. The summed E-state index contributed by atoms with van der Waals surface area (Å²) in [5, 5.41) is 0.755. The van der Waals surface area contributed by atoms with Crippen molar-refractivity contribution in [3.8, 4) is 0 Å². The van der Waals surface area contributed by atoms with Crippen molar-refractivity contribution in [2.75, 3.05) is 33.4 Å². The Balaban J connectivity index is 1.69. The van der Waals surface area contributed by atoms with Crippen LogP contribution in [0.3, 0.4) is 0 Å². The van der Waals surface area contributed by atoms with Crippen molar-refractivity contribution in [2.24, 2.45) is 0 Å². The summed E-state index contributed by atoms with van der Waals surface area (Å²) in [6.45, 7) is 8.32. The molecule has 1 aromatic heterocycles. The van der Waals surface area contributed by atoms with Gasteiger partial charge in [0.1, 0.15) is 5.60 Å². The lowest BCUT2D eigenvalue weighted by Gasteiger charge is -2.44. The van der Waals surface area contributed by atoms with Gasteiger partial charge in [-0.1, -0.05) is 17.7 Å². The third kappa shape index (κ3) is 5.76. The van der Waals surface area contributed by atoms with Gasteiger partial charge in [-0.05, 0) is 90.9 Å². The number of carbonyl (C=O) groups is 1. The number of piperazine rings is 1. The SMILES string of the molecule is COCC[C@H]1CN(C2c3ccc(Cl)cc3CCc3cc(Br)cnc32)CCN1C(=O)OC(C)(C)C. The summed E-state index contributed by atoms with van der Waals surface area (Å²) in [7, 11) is 1.70. The summed E-state index contributed by atoms with van der Waals surface area (Å²) in [4.78, 5) is 22.2. The number of rotatable bonds is 4. The number of methoxy groups -OCH3 is 1. The Morgan fingerprint density at radius 2 is 1.97 bits per heavy atom. The fourth-order valence-electron chi connectivity index (χ4n) is 4.96. The average molecular weight is 551 g/mol. The molecule has 184 valence electrons. The monoisotopic (exact) mass is 549 g/mol. The molecule has 2 aliphatic rings. The molecule has 1 saturated heterocycles. The fraction of sp³-hybridized carbons (Fsp3) is 0.538. The molecule has 0 spiro atoms. The third-order valence-corrected chi connectivity index (χ3v) is 7.12. The second-order valence-electron chi connectivity index (χ2n) is 10.0. The molecule has 1 aliphatic carbocycles. The van der Waals surface area contributed by atoms with Crippen LogP contribution in [0.4, 0.5) is 4.79 Å². The molecule has 1 unspecified atom stereocenters. The molecular formula is C26H33BrClN3O3. The number of aromatic nitrogens is 1. The van der Waals surface area contributed by atoms with E-state index in [0.717, 1.165) is 41.0 Å². The normalized spacial score (nSPS) is 20.9. The molecule has 0 saturated carbocycles. The predicted molar refractivity (Wildman–Crippen MR) is 137 cm³/mol. The highest BCUT2D eigenvalue weighted by atomic mass is 79.9. The van der Waals surface area contributed by atoms with Crippen LogP contribution >= 0.6 is 27.5 Å². The zero-order valence-corrected chi connectivity index (χ0v) is 22.7. The smallest absolute Gasteiger partial charge is 0.410 e. The number of carbonyl (C=O) groups excluding carboxylic acids is 1. The number of nitrogens with zero attached hydrogens (tertiary/aromatic N) is 3. The van der Waals surface area contributed by atoms with E-state index in [1.165, 1.54) is 16.7 Å². The minimum atomic E-state index is -0.532. The van der Waals surface area contributed by atoms with Crippen LogP contribution in [0.1, 0.15) is 55.6 Å². The van der Waals surface area contributed by atoms with E-state index >= 15 is 0 Å². The zero-order valence-electron chi connectivity index (χ0n) is 20.3. The first-order valence-corrected chi connectivity index (χ1v) is 13.0. The van der Waals surface area contributed by atoms with Gasteiger partial charge in [-0.25, -0.2) is 4.79 Å². The van der Waals surface area contributed by atoms with E-state index in [-0.39, 0.29) is 18.2 Å². The Hall–Kier alpha value is -1.67. The number of halogens is 2. The summed E-state index contributed by atoms with van der Waals surface area (Å²) >= 11 is 9.97. The van der Waals surface area contributed by atoms with Crippen LogP contribution in [0.2, 0.25) is 5.02 Å². The maximum absolute atomic E-state index is 13.0. The number of aryl methyl sites for hydroxylation is 2. The lowest BCUT2D eigenvalue weighted by atomic mass is 9.95. The largest absolute Gasteiger partial charge is 0.444 e. The Kier molecular flexibility index (Phi) is 7.87. The van der Waals surface area contributed by atoms with Crippen LogP contribution in [-0.4, -0.2) is 65.9 Å². The molecule has 2 aromatic rings. The molecule has 0 radical (unpaired) electrons. The zero-order chi connectivity index (χ0) is 24.5. The van der Waals surface area contributed by atoms with Crippen molar-refractivity contribution in [1.82, 2.24) is 14.8 Å². The second kappa shape index (κ2) is 10.5. The molecule has 2 atom stereocenters. The Labute approximate surface area is 215 Å². The van der Waals surface area contributed by atoms with Gasteiger partial charge in [0.2, 0.25) is 0 Å². The lowest BCUT2D eigenvalue weighted by molar-refractivity contribution is -0.0108. The molecule has 1 fully saturated rings. The van der Waals surface area contributed by atoms with Crippen LogP contribution in [-0.2, 0) is 22.3 Å². The van der Waals surface area contributed by atoms with Gasteiger partial charge >= 0.3 is 6.09 Å². The standard InChI is InChI=1S/C26H33BrClN3O3/c1-26(2,3)34-25(32)31-11-10-30(16-21(31)9-12-33-4)24-22-8-7-20(28)14-17(22)5-6-18-13-19(27)15-29-23(18)24/h7-8,13-15,21,24H,5-6,9-12,16H2,1-4H3/t21-,24?/m0/s1. The topological polar surface area (TPSA) is 54.9 Å². The number of benzene rings is 1. The minimum Gasteiger partial charge on any atom is -0.444 e. The highest BCUT2D eigenvalue weighted by Crippen LogP contribution is 2.38. The fourth-order valence-corrected chi connectivity index (χ4v) is 5.53. The first-order valence-electron chi connectivity index (χ1n) is 11.8. The predicted octanol–water partition coefficient (Wildman–Crippen LogP) is 5.64. The van der Waals surface area contributed by atoms with Crippen molar-refractivity contribution in [3.63, 3.8) is 0 Å². The number of amides is 1. The molecule has 1 aromatic carbocycles. The quantitative estimate of drug-likeness (QED) is 0.493. The lowest BCUT2D eigenvalue weighted by Crippen LogP contribution is -2.57. The molecule has 0 N–H and O–H groups in total. The molecule has 8 heteroatoms. The molecule has 6 nitrogen and oxygen atoms in total. The number of ether oxygens (including phenoxy) is 2. The maximum atomic E-state index is 13.0. The van der Waals surface area contributed by atoms with Gasteiger partial charge in [-0.15, -0.1) is 0 Å². The molecule has 4 rings (SSSR count). The number of hydrogen-bond donors (Lipinski definition) is 0. The Morgan fingerprint density at radius 3 is 2.71 bits per heavy atom. The molecule has 1 aliphatic heterocycles. The third-order valence-electron chi connectivity index (χ3n) is 6.45. The average Bonchev–Trinajstić information content (AvgIpc) is 2.92. The van der Waals surface area contributed by atoms with E-state index in [1.807, 2.05) is 37.9 Å². The van der Waals surface area contributed by atoms with Crippen molar-refractivity contribution in [2.45, 2.75) is 57.7 Å². The highest BCUT2D eigenvalue weighted by molar-refractivity contribution is 9.10. The Bertz CT molecular complexity index is 989. The second-order valence-corrected chi connectivity index (χ2v) is 11.4. The molecule has 2 heterocycles. The van der Waals surface area contributed by atoms with E-state index in [4.69, 9.17) is 26.1 Å². The van der Waals surface area contributed by atoms with Gasteiger partial charge in [0.15, 0.2) is 0 Å². The van der Waals surface area contributed by atoms with Crippen LogP contribution in [0, 0.1) is 0 Å². The summed E-state index contributed by atoms with van der Waals surface area (Å²) in [5.41, 5.74) is 4.30. The number of hydrogen-bond acceptors (Lipinski definition) is 5. The van der Waals surface area contributed by atoms with E-state index < -0.39 is 5.60 Å². The summed E-state index contributed by atoms with van der Waals surface area (Å²) in [6.07, 6.45) is 4.20. The molecule has 1 amide bonds. The number of fused-ring (bicyclic) bond motifs is 2. The summed E-state index contributed by atoms with van der Waals surface area (Å²) in [5.74, 6) is 0. The van der Waals surface area contributed by atoms with Crippen molar-refractivity contribution < 1.29 is 14.3 Å². The molecule has 34 heavy (non-hydrogen) atoms. The van der Waals surface area contributed by atoms with Crippen molar-refractivity contribution in [3.05, 3.63) is 62.3 Å². The van der Waals surface area contributed by atoms with Gasteiger partial charge in [-0.3, -0.25) is 9.88 Å². The molecular weight excluding hydrogens is 518 g/mol. The number of pyridine rings is 1.